The minimum Gasteiger partial charge on any atom is -0.394 e. The van der Waals surface area contributed by atoms with Gasteiger partial charge in [-0.05, 0) is 31.6 Å². The summed E-state index contributed by atoms with van der Waals surface area (Å²) in [5.41, 5.74) is -2.06. The fourth-order valence-electron chi connectivity index (χ4n) is 6.52. The number of rotatable bonds is 11. The molecule has 0 spiro atoms. The van der Waals surface area contributed by atoms with E-state index in [1.54, 1.807) is 27.7 Å². The van der Waals surface area contributed by atoms with Crippen LogP contribution in [0.4, 0.5) is 0 Å². The van der Waals surface area contributed by atoms with Gasteiger partial charge in [-0.15, -0.1) is 0 Å². The number of hydrogen-bond acceptors (Lipinski definition) is 18. The maximum absolute atomic E-state index is 12.2. The van der Waals surface area contributed by atoms with Gasteiger partial charge >= 0.3 is 0 Å². The lowest BCUT2D eigenvalue weighted by molar-refractivity contribution is -0.393. The number of aliphatic hydroxyl groups is 11. The average molecular weight is 711 g/mol. The van der Waals surface area contributed by atoms with E-state index in [1.165, 1.54) is 18.2 Å². The largest absolute Gasteiger partial charge is 0.394 e. The van der Waals surface area contributed by atoms with Crippen LogP contribution in [0.15, 0.2) is 23.8 Å². The van der Waals surface area contributed by atoms with Crippen molar-refractivity contribution >= 4 is 5.78 Å². The fourth-order valence-corrected chi connectivity index (χ4v) is 6.52. The molecule has 4 rings (SSSR count). The van der Waals surface area contributed by atoms with Gasteiger partial charge in [0.05, 0.1) is 25.9 Å². The first kappa shape index (κ1) is 40.2. The molecule has 0 aromatic rings. The summed E-state index contributed by atoms with van der Waals surface area (Å²) in [4.78, 5) is 12.2. The highest BCUT2D eigenvalue weighted by Crippen LogP contribution is 2.44. The summed E-state index contributed by atoms with van der Waals surface area (Å²) in [6.07, 6.45) is -22.5. The molecular formula is C31H50O18. The minimum absolute atomic E-state index is 0.0637. The van der Waals surface area contributed by atoms with E-state index in [1.807, 2.05) is 0 Å². The van der Waals surface area contributed by atoms with Crippen LogP contribution in [-0.2, 0) is 33.2 Å². The third kappa shape index (κ3) is 8.11. The van der Waals surface area contributed by atoms with Crippen LogP contribution in [0.3, 0.4) is 0 Å². The predicted octanol–water partition coefficient (Wildman–Crippen LogP) is -4.93. The first-order valence-electron chi connectivity index (χ1n) is 16.1. The molecule has 18 nitrogen and oxygen atoms in total. The highest BCUT2D eigenvalue weighted by molar-refractivity contribution is 5.92. The van der Waals surface area contributed by atoms with Crippen LogP contribution in [0.5, 0.6) is 0 Å². The van der Waals surface area contributed by atoms with Gasteiger partial charge in [-0.2, -0.15) is 0 Å². The summed E-state index contributed by atoms with van der Waals surface area (Å²) >= 11 is 0. The lowest BCUT2D eigenvalue weighted by Gasteiger charge is -2.49. The van der Waals surface area contributed by atoms with Crippen LogP contribution in [0.2, 0.25) is 0 Å². The lowest BCUT2D eigenvalue weighted by Crippen LogP contribution is -2.67. The summed E-state index contributed by atoms with van der Waals surface area (Å²) in [5, 5.41) is 115. The number of carbonyl (C=O) groups is 1. The third-order valence-corrected chi connectivity index (χ3v) is 9.66. The second kappa shape index (κ2) is 16.0. The maximum Gasteiger partial charge on any atom is 0.187 e. The Morgan fingerprint density at radius 3 is 1.67 bits per heavy atom. The standard InChI is InChI=1S/C31H50O18/c1-12-7-14(35)8-30(3,4)31(12,43)6-5-13(2)44-29-26(49-28-24(42)22(40)19(37)16(10-33)46-28)25(20(38)17(11-34)47-29)48-27-23(41)21(39)18(36)15(9-32)45-27/h5-7,13,15-29,32-34,36-43H,8-11H2,1-4H3/b6-5+/t13-,15-,16-,17-,18-,19-,20-,21+,22+,23-,24-,25+,26-,27+,28+,29-,31-/m1/s1. The Labute approximate surface area is 282 Å². The van der Waals surface area contributed by atoms with Crippen molar-refractivity contribution in [2.24, 2.45) is 5.41 Å². The Morgan fingerprint density at radius 1 is 0.755 bits per heavy atom. The first-order chi connectivity index (χ1) is 22.9. The number of ketones is 1. The van der Waals surface area contributed by atoms with Crippen LogP contribution < -0.4 is 0 Å². The van der Waals surface area contributed by atoms with Crippen LogP contribution in [0.25, 0.3) is 0 Å². The fraction of sp³-hybridized carbons (Fsp3) is 0.839. The van der Waals surface area contributed by atoms with Gasteiger partial charge in [-0.25, -0.2) is 0 Å². The van der Waals surface area contributed by atoms with Gasteiger partial charge < -0.3 is 84.6 Å². The molecule has 49 heavy (non-hydrogen) atoms. The molecule has 18 heteroatoms. The van der Waals surface area contributed by atoms with Gasteiger partial charge in [-0.3, -0.25) is 4.79 Å². The molecule has 11 N–H and O–H groups in total. The van der Waals surface area contributed by atoms with E-state index >= 15 is 0 Å². The molecule has 0 amide bonds. The van der Waals surface area contributed by atoms with E-state index in [4.69, 9.17) is 28.4 Å². The Balaban J connectivity index is 1.67. The van der Waals surface area contributed by atoms with E-state index in [9.17, 15) is 61.0 Å². The Morgan fingerprint density at radius 2 is 1.20 bits per heavy atom. The summed E-state index contributed by atoms with van der Waals surface area (Å²) in [5.74, 6) is -0.146. The number of hydrogen-bond donors (Lipinski definition) is 11. The molecule has 17 atom stereocenters. The van der Waals surface area contributed by atoms with Crippen molar-refractivity contribution in [2.75, 3.05) is 19.8 Å². The molecule has 4 aliphatic rings. The highest BCUT2D eigenvalue weighted by Gasteiger charge is 2.55. The summed E-state index contributed by atoms with van der Waals surface area (Å²) < 4.78 is 34.7. The van der Waals surface area contributed by atoms with Gasteiger partial charge in [0, 0.05) is 11.8 Å². The molecule has 282 valence electrons. The van der Waals surface area contributed by atoms with E-state index in [-0.39, 0.29) is 12.2 Å². The van der Waals surface area contributed by atoms with Crippen molar-refractivity contribution in [2.45, 2.75) is 138 Å². The van der Waals surface area contributed by atoms with Crippen LogP contribution in [0, 0.1) is 5.41 Å². The normalized spacial score (nSPS) is 46.9. The number of aliphatic hydroxyl groups excluding tert-OH is 10. The number of carbonyl (C=O) groups excluding carboxylic acids is 1. The molecule has 3 saturated heterocycles. The number of ether oxygens (including phenoxy) is 6. The quantitative estimate of drug-likeness (QED) is 0.0896. The molecule has 1 aliphatic carbocycles. The van der Waals surface area contributed by atoms with E-state index in [0.717, 1.165) is 0 Å². The highest BCUT2D eigenvalue weighted by atomic mass is 16.8. The molecule has 0 radical (unpaired) electrons. The van der Waals surface area contributed by atoms with Crippen molar-refractivity contribution in [3.05, 3.63) is 23.8 Å². The molecule has 0 aromatic carbocycles. The maximum atomic E-state index is 12.2. The van der Waals surface area contributed by atoms with Gasteiger partial charge in [0.2, 0.25) is 0 Å². The van der Waals surface area contributed by atoms with Crippen LogP contribution >= 0.6 is 0 Å². The molecule has 0 bridgehead atoms. The average Bonchev–Trinajstić information content (AvgIpc) is 3.05. The summed E-state index contributed by atoms with van der Waals surface area (Å²) in [6, 6.07) is 0. The molecule has 3 aliphatic heterocycles. The zero-order chi connectivity index (χ0) is 36.6. The lowest BCUT2D eigenvalue weighted by atomic mass is 9.64. The second-order valence-electron chi connectivity index (χ2n) is 13.6. The van der Waals surface area contributed by atoms with Crippen LogP contribution in [-0.4, -0.2) is 186 Å². The number of allylic oxidation sites excluding steroid dienone is 1. The van der Waals surface area contributed by atoms with Crippen LogP contribution in [0.1, 0.15) is 34.1 Å². The molecule has 0 saturated carbocycles. The van der Waals surface area contributed by atoms with Crippen molar-refractivity contribution in [1.29, 1.82) is 0 Å². The van der Waals surface area contributed by atoms with Gasteiger partial charge in [0.25, 0.3) is 0 Å². The van der Waals surface area contributed by atoms with Gasteiger partial charge in [-0.1, -0.05) is 19.9 Å². The first-order valence-corrected chi connectivity index (χ1v) is 16.1. The van der Waals surface area contributed by atoms with Gasteiger partial charge in [0.15, 0.2) is 24.7 Å². The monoisotopic (exact) mass is 710 g/mol. The molecule has 0 unspecified atom stereocenters. The Kier molecular flexibility index (Phi) is 13.1. The SMILES string of the molecule is CC1=CC(=O)CC(C)(C)[C@@]1(O)/C=C/[C@@H](C)O[C@@H]1O[C@H](CO)[C@@H](O)[C@H](O[C@@H]2O[C@H](CO)[C@@H](O)[C@H](O)[C@H]2O)[C@H]1O[C@@H]1O[C@H](CO)[C@@H](O)[C@H](O)[C@H]1O. The third-order valence-electron chi connectivity index (χ3n) is 9.66. The molecule has 3 heterocycles. The second-order valence-corrected chi connectivity index (χ2v) is 13.6. The van der Waals surface area contributed by atoms with E-state index < -0.39 is 129 Å². The Bertz CT molecular complexity index is 1180. The molecular weight excluding hydrogens is 660 g/mol. The van der Waals surface area contributed by atoms with Gasteiger partial charge in [0.1, 0.15) is 78.8 Å². The van der Waals surface area contributed by atoms with E-state index in [0.29, 0.717) is 5.57 Å². The van der Waals surface area contributed by atoms with E-state index in [2.05, 4.69) is 0 Å². The minimum atomic E-state index is -1.93. The molecule has 3 fully saturated rings. The van der Waals surface area contributed by atoms with Crippen molar-refractivity contribution in [1.82, 2.24) is 0 Å². The van der Waals surface area contributed by atoms with Crippen molar-refractivity contribution in [3.63, 3.8) is 0 Å². The van der Waals surface area contributed by atoms with Crippen molar-refractivity contribution in [3.8, 4) is 0 Å². The topological polar surface area (TPSA) is 295 Å². The zero-order valence-electron chi connectivity index (χ0n) is 27.6. The predicted molar refractivity (Wildman–Crippen MR) is 161 cm³/mol. The molecule has 0 aromatic heterocycles. The smallest absolute Gasteiger partial charge is 0.187 e. The summed E-state index contributed by atoms with van der Waals surface area (Å²) in [7, 11) is 0. The Hall–Kier alpha value is -1.53. The summed E-state index contributed by atoms with van der Waals surface area (Å²) in [6.45, 7) is 4.19. The van der Waals surface area contributed by atoms with Crippen molar-refractivity contribution < 1.29 is 89.4 Å². The zero-order valence-corrected chi connectivity index (χ0v) is 27.6.